The van der Waals surface area contributed by atoms with Crippen LogP contribution in [0.25, 0.3) is 0 Å². The Labute approximate surface area is 185 Å². The van der Waals surface area contributed by atoms with E-state index in [1.807, 2.05) is 47.5 Å². The van der Waals surface area contributed by atoms with Crippen LogP contribution in [0.2, 0.25) is 0 Å². The Kier molecular flexibility index (Phi) is 8.00. The van der Waals surface area contributed by atoms with E-state index in [0.29, 0.717) is 31.0 Å². The first kappa shape index (κ1) is 22.7. The highest BCUT2D eigenvalue weighted by molar-refractivity contribution is 7.09. The zero-order chi connectivity index (χ0) is 22.2. The average molecular weight is 443 g/mol. The van der Waals surface area contributed by atoms with E-state index in [1.54, 1.807) is 18.4 Å². The highest BCUT2D eigenvalue weighted by atomic mass is 32.1. The number of hydrogen-bond donors (Lipinski definition) is 2. The van der Waals surface area contributed by atoms with E-state index >= 15 is 0 Å². The lowest BCUT2D eigenvalue weighted by Crippen LogP contribution is -2.32. The SMILES string of the molecule is COc1cc(C(=O)N(CCCc2ccccc2)Cc2nc(C)cs2)cc2c1CO2.OO. The lowest BCUT2D eigenvalue weighted by atomic mass is 10.0. The third kappa shape index (κ3) is 5.61. The smallest absolute Gasteiger partial charge is 0.254 e. The number of thiazole rings is 1. The zero-order valence-corrected chi connectivity index (χ0v) is 18.4. The van der Waals surface area contributed by atoms with Gasteiger partial charge in [-0.3, -0.25) is 15.3 Å². The molecule has 8 heteroatoms. The Morgan fingerprint density at radius 2 is 2.03 bits per heavy atom. The number of methoxy groups -OCH3 is 1. The van der Waals surface area contributed by atoms with E-state index in [1.165, 1.54) is 5.56 Å². The molecule has 1 aliphatic heterocycles. The molecule has 0 radical (unpaired) electrons. The summed E-state index contributed by atoms with van der Waals surface area (Å²) in [7, 11) is 1.62. The molecule has 1 amide bonds. The maximum atomic E-state index is 13.3. The molecule has 0 spiro atoms. The van der Waals surface area contributed by atoms with Crippen molar-refractivity contribution in [3.63, 3.8) is 0 Å². The molecule has 0 fully saturated rings. The summed E-state index contributed by atoms with van der Waals surface area (Å²) < 4.78 is 10.9. The minimum Gasteiger partial charge on any atom is -0.496 e. The molecule has 0 atom stereocenters. The molecule has 2 aromatic carbocycles. The van der Waals surface area contributed by atoms with Gasteiger partial charge in [0, 0.05) is 23.2 Å². The predicted octanol–water partition coefficient (Wildman–Crippen LogP) is 4.65. The molecule has 0 saturated heterocycles. The summed E-state index contributed by atoms with van der Waals surface area (Å²) in [6, 6.07) is 14.0. The van der Waals surface area contributed by atoms with Crippen molar-refractivity contribution in [3.8, 4) is 11.5 Å². The topological polar surface area (TPSA) is 92.1 Å². The maximum absolute atomic E-state index is 13.3. The average Bonchev–Trinajstić information content (AvgIpc) is 3.20. The summed E-state index contributed by atoms with van der Waals surface area (Å²) in [5, 5.41) is 15.0. The van der Waals surface area contributed by atoms with Crippen molar-refractivity contribution in [1.82, 2.24) is 9.88 Å². The number of aryl methyl sites for hydroxylation is 2. The highest BCUT2D eigenvalue weighted by Gasteiger charge is 2.25. The Balaban J connectivity index is 0.00000132. The fourth-order valence-electron chi connectivity index (χ4n) is 3.46. The Morgan fingerprint density at radius 3 is 2.65 bits per heavy atom. The van der Waals surface area contributed by atoms with Crippen LogP contribution in [0.4, 0.5) is 0 Å². The summed E-state index contributed by atoms with van der Waals surface area (Å²) in [6.45, 7) is 3.67. The van der Waals surface area contributed by atoms with Gasteiger partial charge in [0.1, 0.15) is 23.1 Å². The molecule has 2 heterocycles. The van der Waals surface area contributed by atoms with E-state index in [4.69, 9.17) is 20.0 Å². The number of carbonyl (C=O) groups excluding carboxylic acids is 1. The predicted molar refractivity (Wildman–Crippen MR) is 119 cm³/mol. The summed E-state index contributed by atoms with van der Waals surface area (Å²) in [5.74, 6) is 1.43. The minimum absolute atomic E-state index is 0.0254. The molecule has 31 heavy (non-hydrogen) atoms. The van der Waals surface area contributed by atoms with Gasteiger partial charge in [-0.25, -0.2) is 4.98 Å². The zero-order valence-electron chi connectivity index (χ0n) is 17.6. The maximum Gasteiger partial charge on any atom is 0.254 e. The number of hydrogen-bond acceptors (Lipinski definition) is 7. The molecular formula is C23H26N2O5S. The van der Waals surface area contributed by atoms with Crippen LogP contribution < -0.4 is 9.47 Å². The van der Waals surface area contributed by atoms with Crippen molar-refractivity contribution < 1.29 is 24.8 Å². The number of fused-ring (bicyclic) bond motifs is 1. The molecular weight excluding hydrogens is 416 g/mol. The summed E-state index contributed by atoms with van der Waals surface area (Å²) in [5.41, 5.74) is 3.88. The van der Waals surface area contributed by atoms with Crippen molar-refractivity contribution in [1.29, 1.82) is 0 Å². The number of benzene rings is 2. The molecule has 4 rings (SSSR count). The first-order chi connectivity index (χ1) is 15.1. The molecule has 164 valence electrons. The van der Waals surface area contributed by atoms with Crippen molar-refractivity contribution in [2.45, 2.75) is 32.9 Å². The van der Waals surface area contributed by atoms with Crippen LogP contribution in [0.1, 0.15) is 38.6 Å². The van der Waals surface area contributed by atoms with E-state index in [9.17, 15) is 4.79 Å². The van der Waals surface area contributed by atoms with E-state index in [0.717, 1.165) is 34.9 Å². The number of nitrogens with zero attached hydrogens (tertiary/aromatic N) is 2. The summed E-state index contributed by atoms with van der Waals surface area (Å²) in [6.07, 6.45) is 1.82. The van der Waals surface area contributed by atoms with Gasteiger partial charge in [-0.05, 0) is 37.5 Å². The minimum atomic E-state index is -0.0254. The Bertz CT molecular complexity index is 1010. The van der Waals surface area contributed by atoms with Crippen LogP contribution in [0.3, 0.4) is 0 Å². The van der Waals surface area contributed by atoms with E-state index in [-0.39, 0.29) is 5.91 Å². The second-order valence-electron chi connectivity index (χ2n) is 7.14. The number of amides is 1. The van der Waals surface area contributed by atoms with Crippen LogP contribution in [-0.4, -0.2) is 40.0 Å². The van der Waals surface area contributed by atoms with Crippen LogP contribution in [0.5, 0.6) is 11.5 Å². The molecule has 1 aliphatic rings. The number of rotatable bonds is 8. The fourth-order valence-corrected chi connectivity index (χ4v) is 4.24. The van der Waals surface area contributed by atoms with Crippen molar-refractivity contribution in [3.05, 3.63) is 75.2 Å². The molecule has 0 aliphatic carbocycles. The van der Waals surface area contributed by atoms with Crippen molar-refractivity contribution in [2.24, 2.45) is 0 Å². The van der Waals surface area contributed by atoms with Gasteiger partial charge in [-0.15, -0.1) is 11.3 Å². The lowest BCUT2D eigenvalue weighted by Gasteiger charge is -2.26. The van der Waals surface area contributed by atoms with Gasteiger partial charge in [-0.2, -0.15) is 0 Å². The monoisotopic (exact) mass is 442 g/mol. The highest BCUT2D eigenvalue weighted by Crippen LogP contribution is 2.38. The Morgan fingerprint density at radius 1 is 1.26 bits per heavy atom. The van der Waals surface area contributed by atoms with Gasteiger partial charge in [-0.1, -0.05) is 30.3 Å². The first-order valence-corrected chi connectivity index (χ1v) is 10.8. The van der Waals surface area contributed by atoms with E-state index in [2.05, 4.69) is 17.1 Å². The van der Waals surface area contributed by atoms with Gasteiger partial charge >= 0.3 is 0 Å². The number of carbonyl (C=O) groups is 1. The Hall–Kier alpha value is -2.94. The lowest BCUT2D eigenvalue weighted by molar-refractivity contribution is -0.176. The van der Waals surface area contributed by atoms with Gasteiger partial charge in [0.25, 0.3) is 5.91 Å². The molecule has 0 saturated carbocycles. The quantitative estimate of drug-likeness (QED) is 0.390. The molecule has 3 aromatic rings. The van der Waals surface area contributed by atoms with Crippen molar-refractivity contribution >= 4 is 17.2 Å². The summed E-state index contributed by atoms with van der Waals surface area (Å²) in [4.78, 5) is 19.8. The van der Waals surface area contributed by atoms with Crippen LogP contribution in [0, 0.1) is 6.92 Å². The molecule has 2 N–H and O–H groups in total. The van der Waals surface area contributed by atoms with E-state index < -0.39 is 0 Å². The summed E-state index contributed by atoms with van der Waals surface area (Å²) >= 11 is 1.59. The second kappa shape index (κ2) is 10.9. The molecule has 0 unspecified atom stereocenters. The van der Waals surface area contributed by atoms with Crippen LogP contribution >= 0.6 is 11.3 Å². The van der Waals surface area contributed by atoms with Gasteiger partial charge in [0.2, 0.25) is 0 Å². The van der Waals surface area contributed by atoms with Crippen LogP contribution in [0.15, 0.2) is 47.8 Å². The normalized spacial score (nSPS) is 11.4. The number of ether oxygens (including phenoxy) is 2. The molecule has 0 bridgehead atoms. The standard InChI is InChI=1S/C23H24N2O3S.H2O2/c1-16-15-29-22(24-16)13-25(10-6-9-17-7-4-3-5-8-17)23(26)18-11-20(27-2)19-14-28-21(19)12-18;1-2/h3-5,7-8,11-12,15H,6,9-10,13-14H2,1-2H3;1-2H. The largest absolute Gasteiger partial charge is 0.496 e. The van der Waals surface area contributed by atoms with Crippen LogP contribution in [-0.2, 0) is 19.6 Å². The third-order valence-electron chi connectivity index (χ3n) is 5.02. The molecule has 1 aromatic heterocycles. The third-order valence-corrected chi connectivity index (χ3v) is 5.97. The number of aromatic nitrogens is 1. The van der Waals surface area contributed by atoms with Gasteiger partial charge < -0.3 is 14.4 Å². The van der Waals surface area contributed by atoms with Crippen molar-refractivity contribution in [2.75, 3.05) is 13.7 Å². The fraction of sp³-hybridized carbons (Fsp3) is 0.304. The van der Waals surface area contributed by atoms with Gasteiger partial charge in [0.15, 0.2) is 0 Å². The first-order valence-electron chi connectivity index (χ1n) is 9.92. The molecule has 7 nitrogen and oxygen atoms in total. The van der Waals surface area contributed by atoms with Gasteiger partial charge in [0.05, 0.1) is 19.2 Å². The second-order valence-corrected chi connectivity index (χ2v) is 8.09.